The Kier molecular flexibility index (Phi) is 4.74. The zero-order chi connectivity index (χ0) is 12.9. The van der Waals surface area contributed by atoms with E-state index in [1.165, 1.54) is 12.1 Å². The van der Waals surface area contributed by atoms with Crippen LogP contribution < -0.4 is 10.5 Å². The van der Waals surface area contributed by atoms with Crippen LogP contribution in [0.4, 0.5) is 17.6 Å². The molecule has 0 unspecified atom stereocenters. The second-order valence-electron chi connectivity index (χ2n) is 3.42. The van der Waals surface area contributed by atoms with E-state index in [0.717, 1.165) is 6.07 Å². The molecule has 0 saturated heterocycles. The predicted octanol–water partition coefficient (Wildman–Crippen LogP) is 2.90. The maximum Gasteiger partial charge on any atom is 0.419 e. The van der Waals surface area contributed by atoms with Gasteiger partial charge in [-0.2, -0.15) is 13.2 Å². The molecule has 0 saturated carbocycles. The van der Waals surface area contributed by atoms with Crippen molar-refractivity contribution in [1.29, 1.82) is 0 Å². The van der Waals surface area contributed by atoms with Crippen LogP contribution >= 0.6 is 0 Å². The van der Waals surface area contributed by atoms with Crippen LogP contribution in [0, 0.1) is 0 Å². The molecule has 0 aliphatic heterocycles. The van der Waals surface area contributed by atoms with Crippen molar-refractivity contribution in [2.24, 2.45) is 5.73 Å². The molecule has 0 atom stereocenters. The molecule has 0 aliphatic rings. The summed E-state index contributed by atoms with van der Waals surface area (Å²) in [5, 5.41) is 0. The van der Waals surface area contributed by atoms with Crippen LogP contribution in [0.1, 0.15) is 17.5 Å². The lowest BCUT2D eigenvalue weighted by Crippen LogP contribution is -2.11. The maximum atomic E-state index is 12.7. The average molecular weight is 251 g/mol. The van der Waals surface area contributed by atoms with Crippen LogP contribution in [0.25, 0.3) is 0 Å². The van der Waals surface area contributed by atoms with Crippen molar-refractivity contribution in [3.63, 3.8) is 0 Å². The smallest absolute Gasteiger partial charge is 0.419 e. The van der Waals surface area contributed by atoms with Gasteiger partial charge in [-0.25, -0.2) is 0 Å². The Labute approximate surface area is 96.4 Å². The molecule has 1 aromatic rings. The summed E-state index contributed by atoms with van der Waals surface area (Å²) in [7, 11) is 0. The summed E-state index contributed by atoms with van der Waals surface area (Å²) in [5.41, 5.74) is 4.77. The first-order valence-electron chi connectivity index (χ1n) is 5.08. The number of alkyl halides is 4. The fourth-order valence-corrected chi connectivity index (χ4v) is 1.29. The lowest BCUT2D eigenvalue weighted by atomic mass is 10.1. The quantitative estimate of drug-likeness (QED) is 0.645. The van der Waals surface area contributed by atoms with E-state index in [1.54, 1.807) is 0 Å². The molecule has 0 heterocycles. The van der Waals surface area contributed by atoms with E-state index in [1.807, 2.05) is 0 Å². The normalized spacial score (nSPS) is 11.6. The maximum absolute atomic E-state index is 12.7. The highest BCUT2D eigenvalue weighted by molar-refractivity contribution is 5.39. The minimum Gasteiger partial charge on any atom is -0.493 e. The highest BCUT2D eigenvalue weighted by atomic mass is 19.4. The van der Waals surface area contributed by atoms with E-state index < -0.39 is 18.4 Å². The minimum absolute atomic E-state index is 0.0217. The number of hydrogen-bond acceptors (Lipinski definition) is 2. The molecule has 0 aromatic heterocycles. The first-order valence-corrected chi connectivity index (χ1v) is 5.08. The second-order valence-corrected chi connectivity index (χ2v) is 3.42. The van der Waals surface area contributed by atoms with Gasteiger partial charge in [0, 0.05) is 13.0 Å². The number of hydrogen-bond donors (Lipinski definition) is 1. The zero-order valence-corrected chi connectivity index (χ0v) is 9.06. The van der Waals surface area contributed by atoms with Crippen molar-refractivity contribution in [3.05, 3.63) is 29.3 Å². The molecule has 0 amide bonds. The van der Waals surface area contributed by atoms with Gasteiger partial charge in [0.15, 0.2) is 0 Å². The Bertz CT molecular complexity index is 365. The average Bonchev–Trinajstić information content (AvgIpc) is 2.28. The van der Waals surface area contributed by atoms with Crippen molar-refractivity contribution in [2.75, 3.05) is 13.3 Å². The summed E-state index contributed by atoms with van der Waals surface area (Å²) in [5.74, 6) is -0.289. The van der Waals surface area contributed by atoms with Gasteiger partial charge in [0.1, 0.15) is 5.75 Å². The van der Waals surface area contributed by atoms with E-state index >= 15 is 0 Å². The van der Waals surface area contributed by atoms with Gasteiger partial charge in [-0.05, 0) is 17.7 Å². The topological polar surface area (TPSA) is 35.2 Å². The van der Waals surface area contributed by atoms with Crippen molar-refractivity contribution in [3.8, 4) is 5.75 Å². The van der Waals surface area contributed by atoms with Gasteiger partial charge in [-0.1, -0.05) is 6.07 Å². The molecule has 0 bridgehead atoms. The van der Waals surface area contributed by atoms with Crippen LogP contribution in [0.5, 0.6) is 5.75 Å². The third kappa shape index (κ3) is 3.89. The number of ether oxygens (including phenoxy) is 1. The molecule has 0 fully saturated rings. The van der Waals surface area contributed by atoms with Crippen molar-refractivity contribution < 1.29 is 22.3 Å². The van der Waals surface area contributed by atoms with Gasteiger partial charge in [0.05, 0.1) is 18.8 Å². The van der Waals surface area contributed by atoms with Crippen LogP contribution in [-0.4, -0.2) is 13.3 Å². The third-order valence-electron chi connectivity index (χ3n) is 2.12. The van der Waals surface area contributed by atoms with Crippen LogP contribution in [0.2, 0.25) is 0 Å². The third-order valence-corrected chi connectivity index (χ3v) is 2.12. The van der Waals surface area contributed by atoms with Crippen LogP contribution in [0.15, 0.2) is 18.2 Å². The van der Waals surface area contributed by atoms with Crippen molar-refractivity contribution in [2.45, 2.75) is 19.1 Å². The fraction of sp³-hybridized carbons (Fsp3) is 0.455. The van der Waals surface area contributed by atoms with Crippen LogP contribution in [-0.2, 0) is 12.7 Å². The summed E-state index contributed by atoms with van der Waals surface area (Å²) in [4.78, 5) is 0. The molecular weight excluding hydrogens is 238 g/mol. The lowest BCUT2D eigenvalue weighted by molar-refractivity contribution is -0.139. The minimum atomic E-state index is -4.50. The number of nitrogens with two attached hydrogens (primary N) is 1. The standard InChI is InChI=1S/C11H13F4NO/c12-4-1-5-17-10-3-2-8(7-16)6-9(10)11(13,14)15/h2-3,6H,1,4-5,7,16H2. The summed E-state index contributed by atoms with van der Waals surface area (Å²) in [6, 6.07) is 3.62. The monoisotopic (exact) mass is 251 g/mol. The van der Waals surface area contributed by atoms with Gasteiger partial charge in [0.2, 0.25) is 0 Å². The molecule has 2 N–H and O–H groups in total. The van der Waals surface area contributed by atoms with Gasteiger partial charge in [-0.3, -0.25) is 4.39 Å². The van der Waals surface area contributed by atoms with Crippen molar-refractivity contribution in [1.82, 2.24) is 0 Å². The van der Waals surface area contributed by atoms with Gasteiger partial charge >= 0.3 is 6.18 Å². The Morgan fingerprint density at radius 3 is 2.47 bits per heavy atom. The molecule has 0 aliphatic carbocycles. The van der Waals surface area contributed by atoms with Gasteiger partial charge < -0.3 is 10.5 Å². The largest absolute Gasteiger partial charge is 0.493 e. The number of rotatable bonds is 5. The summed E-state index contributed by atoms with van der Waals surface area (Å²) >= 11 is 0. The van der Waals surface area contributed by atoms with E-state index in [-0.39, 0.29) is 25.3 Å². The summed E-state index contributed by atoms with van der Waals surface area (Å²) < 4.78 is 54.8. The highest BCUT2D eigenvalue weighted by Gasteiger charge is 2.34. The van der Waals surface area contributed by atoms with E-state index in [9.17, 15) is 17.6 Å². The molecule has 1 rings (SSSR count). The Morgan fingerprint density at radius 2 is 1.94 bits per heavy atom. The Morgan fingerprint density at radius 1 is 1.24 bits per heavy atom. The van der Waals surface area contributed by atoms with E-state index in [4.69, 9.17) is 10.5 Å². The fourth-order valence-electron chi connectivity index (χ4n) is 1.29. The Hall–Kier alpha value is -1.30. The summed E-state index contributed by atoms with van der Waals surface area (Å²) in [6.07, 6.45) is -4.44. The van der Waals surface area contributed by atoms with E-state index in [2.05, 4.69) is 0 Å². The molecule has 96 valence electrons. The van der Waals surface area contributed by atoms with E-state index in [0.29, 0.717) is 5.56 Å². The molecule has 0 radical (unpaired) electrons. The zero-order valence-electron chi connectivity index (χ0n) is 9.06. The second kappa shape index (κ2) is 5.86. The Balaban J connectivity index is 2.95. The lowest BCUT2D eigenvalue weighted by Gasteiger charge is -2.14. The van der Waals surface area contributed by atoms with Gasteiger partial charge in [0.25, 0.3) is 0 Å². The first-order chi connectivity index (χ1) is 7.99. The summed E-state index contributed by atoms with van der Waals surface area (Å²) in [6.45, 7) is -0.683. The highest BCUT2D eigenvalue weighted by Crippen LogP contribution is 2.36. The number of halogens is 4. The molecular formula is C11H13F4NO. The van der Waals surface area contributed by atoms with Crippen molar-refractivity contribution >= 4 is 0 Å². The predicted molar refractivity (Wildman–Crippen MR) is 55.4 cm³/mol. The molecule has 1 aromatic carbocycles. The molecule has 0 spiro atoms. The molecule has 17 heavy (non-hydrogen) atoms. The molecule has 2 nitrogen and oxygen atoms in total. The van der Waals surface area contributed by atoms with Crippen LogP contribution in [0.3, 0.4) is 0 Å². The molecule has 6 heteroatoms. The SMILES string of the molecule is NCc1ccc(OCCCF)c(C(F)(F)F)c1. The first kappa shape index (κ1) is 13.8. The van der Waals surface area contributed by atoms with Gasteiger partial charge in [-0.15, -0.1) is 0 Å². The number of benzene rings is 1.